The molecule has 15 heavy (non-hydrogen) atoms. The largest absolute Gasteiger partial charge is 0.250 e. The molecule has 0 saturated carbocycles. The molecule has 82 valence electrons. The van der Waals surface area contributed by atoms with Crippen molar-refractivity contribution in [1.82, 2.24) is 9.66 Å². The first-order chi connectivity index (χ1) is 7.15. The van der Waals surface area contributed by atoms with Crippen molar-refractivity contribution >= 4 is 6.72 Å². The van der Waals surface area contributed by atoms with Gasteiger partial charge in [-0.15, -0.1) is 0 Å². The summed E-state index contributed by atoms with van der Waals surface area (Å²) in [6, 6.07) is 0. The molecule has 0 saturated heterocycles. The zero-order valence-corrected chi connectivity index (χ0v) is 9.91. The molecule has 4 nitrogen and oxygen atoms in total. The molecule has 0 aliphatic rings. The van der Waals surface area contributed by atoms with E-state index in [4.69, 9.17) is 0 Å². The fourth-order valence-electron chi connectivity index (χ4n) is 1.73. The van der Waals surface area contributed by atoms with Crippen LogP contribution < -0.4 is 5.62 Å². The monoisotopic (exact) mass is 206 g/mol. The van der Waals surface area contributed by atoms with Gasteiger partial charge in [0, 0.05) is 24.7 Å². The molecule has 4 heteroatoms. The summed E-state index contributed by atoms with van der Waals surface area (Å²) in [5.74, 6) is 0. The number of hydrogen-bond acceptors (Lipinski definition) is 3. The number of hydrogen-bond donors (Lipinski definition) is 0. The van der Waals surface area contributed by atoms with Crippen LogP contribution in [0.4, 0.5) is 0 Å². The molecule has 0 unspecified atom stereocenters. The third-order valence-electron chi connectivity index (χ3n) is 2.44. The Morgan fingerprint density at radius 1 is 1.33 bits per heavy atom. The summed E-state index contributed by atoms with van der Waals surface area (Å²) in [6.07, 6.45) is 0.951. The fraction of sp³-hybridized carbons (Fsp3) is 0.545. The van der Waals surface area contributed by atoms with E-state index < -0.39 is 0 Å². The van der Waals surface area contributed by atoms with Gasteiger partial charge in [0.1, 0.15) is 0 Å². The van der Waals surface area contributed by atoms with Crippen LogP contribution in [0.1, 0.15) is 30.8 Å². The highest BCUT2D eigenvalue weighted by Gasteiger charge is 2.07. The quantitative estimate of drug-likeness (QED) is 0.690. The Morgan fingerprint density at radius 3 is 2.47 bits per heavy atom. The first kappa shape index (κ1) is 11.6. The molecular formula is C11H18N4. The van der Waals surface area contributed by atoms with Gasteiger partial charge in [0.05, 0.1) is 0 Å². The summed E-state index contributed by atoms with van der Waals surface area (Å²) in [5, 5.41) is 3.95. The summed E-state index contributed by atoms with van der Waals surface area (Å²) in [7, 11) is 0. The predicted octanol–water partition coefficient (Wildman–Crippen LogP) is 1.45. The highest BCUT2D eigenvalue weighted by Crippen LogP contribution is 2.09. The van der Waals surface area contributed by atoms with Gasteiger partial charge in [-0.25, -0.2) is 14.7 Å². The van der Waals surface area contributed by atoms with Gasteiger partial charge in [0.2, 0.25) is 5.62 Å². The Bertz CT molecular complexity index is 429. The second-order valence-corrected chi connectivity index (χ2v) is 3.34. The van der Waals surface area contributed by atoms with Gasteiger partial charge in [-0.2, -0.15) is 5.10 Å². The van der Waals surface area contributed by atoms with E-state index in [0.717, 1.165) is 17.8 Å². The second-order valence-electron chi connectivity index (χ2n) is 3.34. The third-order valence-corrected chi connectivity index (χ3v) is 2.44. The average Bonchev–Trinajstić information content (AvgIpc) is 2.19. The maximum Gasteiger partial charge on any atom is 0.246 e. The van der Waals surface area contributed by atoms with Crippen molar-refractivity contribution in [2.45, 2.75) is 34.1 Å². The first-order valence-electron chi connectivity index (χ1n) is 5.22. The molecular weight excluding hydrogens is 188 g/mol. The fourth-order valence-corrected chi connectivity index (χ4v) is 1.73. The minimum atomic E-state index is 0.639. The second kappa shape index (κ2) is 4.87. The summed E-state index contributed by atoms with van der Waals surface area (Å²) in [5.41, 5.74) is 3.96. The van der Waals surface area contributed by atoms with E-state index in [1.807, 2.05) is 20.8 Å². The average molecular weight is 206 g/mol. The summed E-state index contributed by atoms with van der Waals surface area (Å²) in [6.45, 7) is 12.4. The van der Waals surface area contributed by atoms with Crippen LogP contribution in [-0.4, -0.2) is 22.9 Å². The van der Waals surface area contributed by atoms with Crippen molar-refractivity contribution in [3.63, 3.8) is 0 Å². The van der Waals surface area contributed by atoms with Crippen molar-refractivity contribution in [3.8, 4) is 0 Å². The van der Waals surface area contributed by atoms with Gasteiger partial charge in [-0.05, 0) is 32.8 Å². The molecule has 0 fully saturated rings. The van der Waals surface area contributed by atoms with E-state index in [1.54, 1.807) is 4.68 Å². The van der Waals surface area contributed by atoms with Crippen LogP contribution in [0, 0.1) is 13.8 Å². The summed E-state index contributed by atoms with van der Waals surface area (Å²) in [4.78, 5) is 8.72. The van der Waals surface area contributed by atoms with Gasteiger partial charge in [-0.1, -0.05) is 6.92 Å². The number of nitrogens with zero attached hydrogens (tertiary/aromatic N) is 4. The van der Waals surface area contributed by atoms with E-state index in [-0.39, 0.29) is 0 Å². The highest BCUT2D eigenvalue weighted by molar-refractivity contribution is 5.27. The number of aryl methyl sites for hydroxylation is 1. The van der Waals surface area contributed by atoms with Gasteiger partial charge >= 0.3 is 0 Å². The summed E-state index contributed by atoms with van der Waals surface area (Å²) < 4.78 is 1.70. The van der Waals surface area contributed by atoms with Crippen molar-refractivity contribution in [3.05, 3.63) is 22.6 Å². The van der Waals surface area contributed by atoms with Gasteiger partial charge in [0.15, 0.2) is 0 Å². The standard InChI is InChI=1S/C11H18N4/c1-6-10-8(3)14-11(13-7-2)15(12-5)9(10)4/h5-7H2,1-4H3/b13-11-. The van der Waals surface area contributed by atoms with Crippen molar-refractivity contribution in [1.29, 1.82) is 0 Å². The lowest BCUT2D eigenvalue weighted by atomic mass is 10.1. The Hall–Kier alpha value is -1.45. The molecule has 0 spiro atoms. The molecule has 0 aromatic carbocycles. The maximum atomic E-state index is 4.43. The van der Waals surface area contributed by atoms with E-state index in [0.29, 0.717) is 12.2 Å². The molecule has 0 aliphatic heterocycles. The minimum Gasteiger partial charge on any atom is -0.250 e. The molecule has 0 radical (unpaired) electrons. The molecule has 0 N–H and O–H groups in total. The number of rotatable bonds is 3. The zero-order valence-electron chi connectivity index (χ0n) is 9.91. The molecule has 1 aromatic heterocycles. The van der Waals surface area contributed by atoms with E-state index >= 15 is 0 Å². The van der Waals surface area contributed by atoms with Crippen molar-refractivity contribution < 1.29 is 0 Å². The van der Waals surface area contributed by atoms with Crippen LogP contribution in [0.2, 0.25) is 0 Å². The minimum absolute atomic E-state index is 0.639. The summed E-state index contributed by atoms with van der Waals surface area (Å²) >= 11 is 0. The lowest BCUT2D eigenvalue weighted by Gasteiger charge is -2.11. The van der Waals surface area contributed by atoms with Crippen LogP contribution in [0.3, 0.4) is 0 Å². The van der Waals surface area contributed by atoms with Gasteiger partial charge in [-0.3, -0.25) is 0 Å². The SMILES string of the molecule is C=Nn1c(C)c(CC)c(C)n/c1=N/CC. The van der Waals surface area contributed by atoms with Crippen LogP contribution in [-0.2, 0) is 6.42 Å². The first-order valence-corrected chi connectivity index (χ1v) is 5.22. The van der Waals surface area contributed by atoms with Crippen LogP contribution >= 0.6 is 0 Å². The zero-order chi connectivity index (χ0) is 11.4. The molecule has 1 aromatic rings. The Kier molecular flexibility index (Phi) is 3.77. The normalized spacial score (nSPS) is 11.9. The van der Waals surface area contributed by atoms with Crippen molar-refractivity contribution in [2.75, 3.05) is 6.54 Å². The molecule has 1 rings (SSSR count). The van der Waals surface area contributed by atoms with E-state index in [2.05, 4.69) is 28.7 Å². The lowest BCUT2D eigenvalue weighted by molar-refractivity contribution is 0.694. The Balaban J connectivity index is 3.59. The van der Waals surface area contributed by atoms with Crippen LogP contribution in [0.15, 0.2) is 10.1 Å². The van der Waals surface area contributed by atoms with Crippen molar-refractivity contribution in [2.24, 2.45) is 10.1 Å². The van der Waals surface area contributed by atoms with E-state index in [9.17, 15) is 0 Å². The van der Waals surface area contributed by atoms with E-state index in [1.165, 1.54) is 5.56 Å². The smallest absolute Gasteiger partial charge is 0.246 e. The lowest BCUT2D eigenvalue weighted by Crippen LogP contribution is -2.26. The molecule has 0 aliphatic carbocycles. The third kappa shape index (κ3) is 2.14. The highest BCUT2D eigenvalue weighted by atomic mass is 15.4. The number of aromatic nitrogens is 2. The molecule has 0 amide bonds. The van der Waals surface area contributed by atoms with Crippen LogP contribution in [0.25, 0.3) is 0 Å². The predicted molar refractivity (Wildman–Crippen MR) is 62.1 cm³/mol. The van der Waals surface area contributed by atoms with Crippen LogP contribution in [0.5, 0.6) is 0 Å². The topological polar surface area (TPSA) is 42.5 Å². The Morgan fingerprint density at radius 2 is 2.00 bits per heavy atom. The molecule has 1 heterocycles. The molecule has 0 atom stereocenters. The Labute approximate surface area is 90.4 Å². The maximum absolute atomic E-state index is 4.43. The van der Waals surface area contributed by atoms with Gasteiger partial charge < -0.3 is 0 Å². The van der Waals surface area contributed by atoms with Gasteiger partial charge in [0.25, 0.3) is 0 Å². The molecule has 0 bridgehead atoms.